The smallest absolute Gasteiger partial charge is 0.237 e. The molecule has 124 valence electrons. The summed E-state index contributed by atoms with van der Waals surface area (Å²) < 4.78 is 5.95. The number of aryl methyl sites for hydroxylation is 2. The Kier molecular flexibility index (Phi) is 3.73. The van der Waals surface area contributed by atoms with Crippen molar-refractivity contribution in [3.8, 4) is 11.5 Å². The molecule has 4 nitrogen and oxygen atoms in total. The minimum Gasteiger partial charge on any atom is -0.457 e. The van der Waals surface area contributed by atoms with Crippen LogP contribution in [0.5, 0.6) is 11.5 Å². The molecule has 1 aliphatic rings. The van der Waals surface area contributed by atoms with Crippen LogP contribution in [0.25, 0.3) is 0 Å². The van der Waals surface area contributed by atoms with E-state index in [1.54, 1.807) is 0 Å². The van der Waals surface area contributed by atoms with Gasteiger partial charge in [-0.25, -0.2) is 4.98 Å². The van der Waals surface area contributed by atoms with Crippen LogP contribution < -0.4 is 10.1 Å². The van der Waals surface area contributed by atoms with Gasteiger partial charge in [-0.1, -0.05) is 36.4 Å². The Bertz CT molecular complexity index is 900. The molecule has 0 radical (unpaired) electrons. The highest BCUT2D eigenvalue weighted by molar-refractivity contribution is 5.99. The molecule has 0 fully saturated rings. The normalized spacial score (nSPS) is 12.7. The van der Waals surface area contributed by atoms with E-state index in [4.69, 9.17) is 4.74 Å². The molecule has 4 heteroatoms. The predicted molar refractivity (Wildman–Crippen MR) is 97.1 cm³/mol. The Hall–Kier alpha value is -3.14. The van der Waals surface area contributed by atoms with Gasteiger partial charge < -0.3 is 10.1 Å². The van der Waals surface area contributed by atoms with Gasteiger partial charge in [-0.2, -0.15) is 0 Å². The molecule has 3 aromatic rings. The number of amides is 1. The average Bonchev–Trinajstić information content (AvgIpc) is 2.58. The number of ether oxygens (including phenoxy) is 1. The van der Waals surface area contributed by atoms with Crippen LogP contribution in [0.15, 0.2) is 60.7 Å². The lowest BCUT2D eigenvalue weighted by molar-refractivity contribution is -0.116. The number of rotatable bonds is 2. The number of benzene rings is 2. The zero-order valence-electron chi connectivity index (χ0n) is 14.1. The summed E-state index contributed by atoms with van der Waals surface area (Å²) in [5, 5.41) is 2.97. The van der Waals surface area contributed by atoms with Crippen LogP contribution in [0.2, 0.25) is 0 Å². The number of hydrogen-bond donors (Lipinski definition) is 1. The number of fused-ring (bicyclic) bond motifs is 2. The van der Waals surface area contributed by atoms with E-state index in [0.29, 0.717) is 5.82 Å². The summed E-state index contributed by atoms with van der Waals surface area (Å²) in [7, 11) is 0. The number of hydrogen-bond acceptors (Lipinski definition) is 3. The molecular weight excluding hydrogens is 312 g/mol. The first-order chi connectivity index (χ1) is 12.1. The molecule has 1 amide bonds. The monoisotopic (exact) mass is 330 g/mol. The lowest BCUT2D eigenvalue weighted by Gasteiger charge is -2.27. The predicted octanol–water partition coefficient (Wildman–Crippen LogP) is 4.57. The van der Waals surface area contributed by atoms with Crippen molar-refractivity contribution in [3.05, 3.63) is 83.0 Å². The maximum atomic E-state index is 13.1. The fourth-order valence-electron chi connectivity index (χ4n) is 3.30. The summed E-state index contributed by atoms with van der Waals surface area (Å²) in [5.74, 6) is 1.47. The third-order valence-electron chi connectivity index (χ3n) is 4.29. The molecule has 1 aliphatic heterocycles. The second-order valence-electron chi connectivity index (χ2n) is 6.27. The number of anilines is 1. The van der Waals surface area contributed by atoms with E-state index < -0.39 is 5.92 Å². The van der Waals surface area contributed by atoms with Gasteiger partial charge in [0.2, 0.25) is 5.91 Å². The average molecular weight is 330 g/mol. The summed E-state index contributed by atoms with van der Waals surface area (Å²) in [6.45, 7) is 3.91. The largest absolute Gasteiger partial charge is 0.457 e. The molecule has 25 heavy (non-hydrogen) atoms. The highest BCUT2D eigenvalue weighted by Gasteiger charge is 2.32. The summed E-state index contributed by atoms with van der Waals surface area (Å²) >= 11 is 0. The highest BCUT2D eigenvalue weighted by Crippen LogP contribution is 2.44. The number of carbonyl (C=O) groups excluding carboxylic acids is 1. The van der Waals surface area contributed by atoms with Gasteiger partial charge in [0, 0.05) is 16.8 Å². The number of aromatic nitrogens is 1. The molecule has 2 aromatic carbocycles. The van der Waals surface area contributed by atoms with Crippen molar-refractivity contribution in [2.24, 2.45) is 0 Å². The molecule has 0 aliphatic carbocycles. The summed E-state index contributed by atoms with van der Waals surface area (Å²) in [6, 6.07) is 19.2. The Morgan fingerprint density at radius 3 is 2.16 bits per heavy atom. The molecule has 2 heterocycles. The Balaban J connectivity index is 1.75. The van der Waals surface area contributed by atoms with E-state index in [1.165, 1.54) is 0 Å². The minimum atomic E-state index is -0.427. The van der Waals surface area contributed by atoms with Gasteiger partial charge in [0.1, 0.15) is 17.3 Å². The van der Waals surface area contributed by atoms with Crippen LogP contribution in [-0.2, 0) is 4.79 Å². The molecule has 1 N–H and O–H groups in total. The number of para-hydroxylation sites is 2. The van der Waals surface area contributed by atoms with Crippen molar-refractivity contribution in [1.82, 2.24) is 4.98 Å². The highest BCUT2D eigenvalue weighted by atomic mass is 16.5. The van der Waals surface area contributed by atoms with Gasteiger partial charge >= 0.3 is 0 Å². The van der Waals surface area contributed by atoms with Gasteiger partial charge in [-0.3, -0.25) is 4.79 Å². The first-order valence-corrected chi connectivity index (χ1v) is 8.24. The topological polar surface area (TPSA) is 51.2 Å². The van der Waals surface area contributed by atoms with Crippen molar-refractivity contribution in [3.63, 3.8) is 0 Å². The van der Waals surface area contributed by atoms with Crippen molar-refractivity contribution in [1.29, 1.82) is 0 Å². The number of nitrogens with zero attached hydrogens (tertiary/aromatic N) is 1. The zero-order chi connectivity index (χ0) is 17.4. The number of pyridine rings is 1. The number of nitrogens with one attached hydrogen (secondary N) is 1. The van der Waals surface area contributed by atoms with Gasteiger partial charge in [0.25, 0.3) is 0 Å². The standard InChI is InChI=1S/C21H18N2O2/c1-13-11-14(2)22-19(12-13)23-21(24)20-15-7-3-5-9-17(15)25-18-10-6-4-8-16(18)20/h3-12,20H,1-2H3,(H,22,23,24). The molecule has 0 unspecified atom stereocenters. The summed E-state index contributed by atoms with van der Waals surface area (Å²) in [6.07, 6.45) is 0. The lowest BCUT2D eigenvalue weighted by atomic mass is 9.87. The first-order valence-electron chi connectivity index (χ1n) is 8.24. The lowest BCUT2D eigenvalue weighted by Crippen LogP contribution is -2.25. The molecule has 0 spiro atoms. The quantitative estimate of drug-likeness (QED) is 0.748. The third-order valence-corrected chi connectivity index (χ3v) is 4.29. The van der Waals surface area contributed by atoms with Crippen LogP contribution in [0, 0.1) is 13.8 Å². The van der Waals surface area contributed by atoms with Crippen molar-refractivity contribution >= 4 is 11.7 Å². The second-order valence-corrected chi connectivity index (χ2v) is 6.27. The minimum absolute atomic E-state index is 0.110. The molecule has 4 rings (SSSR count). The summed E-state index contributed by atoms with van der Waals surface area (Å²) in [5.41, 5.74) is 3.67. The Morgan fingerprint density at radius 1 is 0.960 bits per heavy atom. The Morgan fingerprint density at radius 2 is 1.56 bits per heavy atom. The van der Waals surface area contributed by atoms with E-state index in [9.17, 15) is 4.79 Å². The van der Waals surface area contributed by atoms with Gasteiger partial charge in [-0.05, 0) is 43.7 Å². The molecule has 0 bridgehead atoms. The van der Waals surface area contributed by atoms with Crippen LogP contribution in [0.3, 0.4) is 0 Å². The van der Waals surface area contributed by atoms with Crippen molar-refractivity contribution < 1.29 is 9.53 Å². The fourth-order valence-corrected chi connectivity index (χ4v) is 3.30. The van der Waals surface area contributed by atoms with Gasteiger partial charge in [0.15, 0.2) is 0 Å². The second kappa shape index (κ2) is 6.06. The summed E-state index contributed by atoms with van der Waals surface area (Å²) in [4.78, 5) is 17.5. The molecule has 0 saturated heterocycles. The fraction of sp³-hybridized carbons (Fsp3) is 0.143. The SMILES string of the molecule is Cc1cc(C)nc(NC(=O)C2c3ccccc3Oc3ccccc32)c1. The van der Waals surface area contributed by atoms with E-state index in [-0.39, 0.29) is 5.91 Å². The van der Waals surface area contributed by atoms with Crippen molar-refractivity contribution in [2.75, 3.05) is 5.32 Å². The number of carbonyl (C=O) groups is 1. The third kappa shape index (κ3) is 2.87. The van der Waals surface area contributed by atoms with Crippen LogP contribution in [0.1, 0.15) is 28.3 Å². The molecule has 1 aromatic heterocycles. The Labute approximate surface area is 146 Å². The van der Waals surface area contributed by atoms with Crippen molar-refractivity contribution in [2.45, 2.75) is 19.8 Å². The van der Waals surface area contributed by atoms with E-state index in [0.717, 1.165) is 33.9 Å². The van der Waals surface area contributed by atoms with E-state index >= 15 is 0 Å². The molecular formula is C21H18N2O2. The zero-order valence-corrected chi connectivity index (χ0v) is 14.1. The van der Waals surface area contributed by atoms with Gasteiger partial charge in [0.05, 0.1) is 5.92 Å². The van der Waals surface area contributed by atoms with E-state index in [2.05, 4.69) is 10.3 Å². The molecule has 0 saturated carbocycles. The molecule has 0 atom stereocenters. The maximum absolute atomic E-state index is 13.1. The van der Waals surface area contributed by atoms with E-state index in [1.807, 2.05) is 74.5 Å². The van der Waals surface area contributed by atoms with Gasteiger partial charge in [-0.15, -0.1) is 0 Å². The first kappa shape index (κ1) is 15.4. The maximum Gasteiger partial charge on any atom is 0.237 e. The van der Waals surface area contributed by atoms with Crippen LogP contribution in [-0.4, -0.2) is 10.9 Å². The van der Waals surface area contributed by atoms with Crippen LogP contribution >= 0.6 is 0 Å². The van der Waals surface area contributed by atoms with Crippen LogP contribution in [0.4, 0.5) is 5.82 Å².